The van der Waals surface area contributed by atoms with Gasteiger partial charge in [0.05, 0.1) is 22.4 Å². The molecule has 0 saturated carbocycles. The summed E-state index contributed by atoms with van der Waals surface area (Å²) in [6.45, 7) is 0.391. The maximum absolute atomic E-state index is 12.0. The molecule has 2 N–H and O–H groups in total. The van der Waals surface area contributed by atoms with E-state index < -0.39 is 0 Å². The molecule has 0 atom stereocenters. The minimum atomic E-state index is -0.310. The van der Waals surface area contributed by atoms with Gasteiger partial charge in [0.15, 0.2) is 5.13 Å². The lowest BCUT2D eigenvalue weighted by molar-refractivity contribution is 0.0510. The molecule has 4 nitrogen and oxygen atoms in total. The maximum Gasteiger partial charge on any atom is 0.338 e. The number of ether oxygens (including phenoxy) is 1. The number of benzene rings is 1. The molecular weight excluding hydrogens is 292 g/mol. The van der Waals surface area contributed by atoms with Gasteiger partial charge in [0.1, 0.15) is 0 Å². The number of nitrogens with zero attached hydrogens (tertiary/aromatic N) is 1. The summed E-state index contributed by atoms with van der Waals surface area (Å²) in [5, 5.41) is 2.52. The van der Waals surface area contributed by atoms with Crippen molar-refractivity contribution in [3.8, 4) is 0 Å². The Morgan fingerprint density at radius 3 is 3.05 bits per heavy atom. The van der Waals surface area contributed by atoms with Gasteiger partial charge in [0.25, 0.3) is 0 Å². The fourth-order valence-electron chi connectivity index (χ4n) is 1.85. The number of carbonyl (C=O) groups is 1. The van der Waals surface area contributed by atoms with E-state index >= 15 is 0 Å². The van der Waals surface area contributed by atoms with Gasteiger partial charge in [-0.3, -0.25) is 0 Å². The number of fused-ring (bicyclic) bond motifs is 1. The summed E-state index contributed by atoms with van der Waals surface area (Å²) >= 11 is 3.03. The third-order valence-corrected chi connectivity index (χ3v) is 4.59. The third-order valence-electron chi connectivity index (χ3n) is 2.80. The Morgan fingerprint density at radius 2 is 2.25 bits per heavy atom. The van der Waals surface area contributed by atoms with Crippen molar-refractivity contribution in [3.05, 3.63) is 46.2 Å². The number of carbonyl (C=O) groups excluding carboxylic acids is 1. The Bertz CT molecular complexity index is 735. The Kier molecular flexibility index (Phi) is 3.66. The predicted octanol–water partition coefficient (Wildman–Crippen LogP) is 3.34. The van der Waals surface area contributed by atoms with Crippen LogP contribution in [0, 0.1) is 0 Å². The van der Waals surface area contributed by atoms with Gasteiger partial charge in [-0.05, 0) is 29.6 Å². The molecule has 0 amide bonds. The monoisotopic (exact) mass is 304 g/mol. The molecule has 0 spiro atoms. The van der Waals surface area contributed by atoms with E-state index in [1.807, 2.05) is 17.5 Å². The van der Waals surface area contributed by atoms with Crippen LogP contribution in [0.5, 0.6) is 0 Å². The molecule has 0 aliphatic rings. The van der Waals surface area contributed by atoms with Crippen molar-refractivity contribution in [1.82, 2.24) is 4.98 Å². The zero-order valence-electron chi connectivity index (χ0n) is 10.5. The highest BCUT2D eigenvalue weighted by molar-refractivity contribution is 7.22. The van der Waals surface area contributed by atoms with Gasteiger partial charge in [0.2, 0.25) is 0 Å². The molecule has 0 fully saturated rings. The zero-order valence-corrected chi connectivity index (χ0v) is 12.2. The fraction of sp³-hybridized carbons (Fsp3) is 0.143. The molecule has 0 aliphatic heterocycles. The van der Waals surface area contributed by atoms with Crippen LogP contribution in [0.15, 0.2) is 35.7 Å². The van der Waals surface area contributed by atoms with E-state index in [0.717, 1.165) is 16.6 Å². The second-order valence-electron chi connectivity index (χ2n) is 4.20. The molecule has 0 saturated heterocycles. The number of hydrogen-bond donors (Lipinski definition) is 1. The van der Waals surface area contributed by atoms with Crippen LogP contribution in [-0.2, 0) is 11.2 Å². The molecule has 0 aliphatic carbocycles. The van der Waals surface area contributed by atoms with Crippen molar-refractivity contribution in [3.63, 3.8) is 0 Å². The molecule has 3 aromatic rings. The third kappa shape index (κ3) is 2.81. The normalized spacial score (nSPS) is 10.8. The molecule has 1 aromatic carbocycles. The van der Waals surface area contributed by atoms with Crippen LogP contribution in [0.4, 0.5) is 5.13 Å². The number of hydrogen-bond acceptors (Lipinski definition) is 6. The van der Waals surface area contributed by atoms with Crippen molar-refractivity contribution in [2.75, 3.05) is 12.3 Å². The molecule has 20 heavy (non-hydrogen) atoms. The number of esters is 1. The van der Waals surface area contributed by atoms with Gasteiger partial charge in [-0.1, -0.05) is 17.4 Å². The van der Waals surface area contributed by atoms with Gasteiger partial charge >= 0.3 is 5.97 Å². The van der Waals surface area contributed by atoms with Crippen molar-refractivity contribution in [2.24, 2.45) is 0 Å². The molecule has 2 aromatic heterocycles. The first-order valence-corrected chi connectivity index (χ1v) is 7.77. The summed E-state index contributed by atoms with van der Waals surface area (Å²) in [4.78, 5) is 17.3. The van der Waals surface area contributed by atoms with Crippen LogP contribution < -0.4 is 5.73 Å². The topological polar surface area (TPSA) is 65.2 Å². The molecular formula is C14H12N2O2S2. The van der Waals surface area contributed by atoms with Crippen LogP contribution in [-0.4, -0.2) is 17.6 Å². The zero-order chi connectivity index (χ0) is 13.9. The average molecular weight is 304 g/mol. The highest BCUT2D eigenvalue weighted by Gasteiger charge is 2.10. The Hall–Kier alpha value is -1.92. The molecule has 0 radical (unpaired) electrons. The molecule has 6 heteroatoms. The summed E-state index contributed by atoms with van der Waals surface area (Å²) in [5.74, 6) is -0.310. The Morgan fingerprint density at radius 1 is 1.35 bits per heavy atom. The van der Waals surface area contributed by atoms with Crippen LogP contribution in [0.3, 0.4) is 0 Å². The van der Waals surface area contributed by atoms with Crippen molar-refractivity contribution >= 4 is 44.0 Å². The van der Waals surface area contributed by atoms with Gasteiger partial charge in [-0.25, -0.2) is 9.78 Å². The van der Waals surface area contributed by atoms with Crippen LogP contribution >= 0.6 is 22.7 Å². The number of nitrogens with two attached hydrogens (primary N) is 1. The second-order valence-corrected chi connectivity index (χ2v) is 6.29. The van der Waals surface area contributed by atoms with Crippen molar-refractivity contribution in [2.45, 2.75) is 6.42 Å². The van der Waals surface area contributed by atoms with Gasteiger partial charge in [-0.15, -0.1) is 11.3 Å². The van der Waals surface area contributed by atoms with E-state index in [1.54, 1.807) is 29.5 Å². The van der Waals surface area contributed by atoms with E-state index in [9.17, 15) is 4.79 Å². The van der Waals surface area contributed by atoms with Crippen LogP contribution in [0.2, 0.25) is 0 Å². The molecule has 3 rings (SSSR count). The number of anilines is 1. The fourth-order valence-corrected chi connectivity index (χ4v) is 3.32. The first-order valence-electron chi connectivity index (χ1n) is 6.08. The first kappa shape index (κ1) is 13.1. The molecule has 0 unspecified atom stereocenters. The lowest BCUT2D eigenvalue weighted by Crippen LogP contribution is -2.07. The standard InChI is InChI=1S/C14H12N2O2S2/c15-14-16-11-4-3-9(8-12(11)20-14)13(17)18-6-5-10-2-1-7-19-10/h1-4,7-8H,5-6H2,(H2,15,16). The van der Waals surface area contributed by atoms with E-state index in [0.29, 0.717) is 17.3 Å². The minimum absolute atomic E-state index is 0.310. The molecule has 0 bridgehead atoms. The van der Waals surface area contributed by atoms with E-state index in [1.165, 1.54) is 16.2 Å². The van der Waals surface area contributed by atoms with Gasteiger partial charge in [-0.2, -0.15) is 0 Å². The SMILES string of the molecule is Nc1nc2ccc(C(=O)OCCc3cccs3)cc2s1. The van der Waals surface area contributed by atoms with Crippen LogP contribution in [0.25, 0.3) is 10.2 Å². The van der Waals surface area contributed by atoms with Gasteiger partial charge < -0.3 is 10.5 Å². The van der Waals surface area contributed by atoms with Crippen molar-refractivity contribution < 1.29 is 9.53 Å². The lowest BCUT2D eigenvalue weighted by atomic mass is 10.2. The largest absolute Gasteiger partial charge is 0.462 e. The van der Waals surface area contributed by atoms with Gasteiger partial charge in [0, 0.05) is 11.3 Å². The number of rotatable bonds is 4. The minimum Gasteiger partial charge on any atom is -0.462 e. The maximum atomic E-state index is 12.0. The van der Waals surface area contributed by atoms with Crippen molar-refractivity contribution in [1.29, 1.82) is 0 Å². The summed E-state index contributed by atoms with van der Waals surface area (Å²) in [7, 11) is 0. The number of aromatic nitrogens is 1. The van der Waals surface area contributed by atoms with Crippen LogP contribution in [0.1, 0.15) is 15.2 Å². The predicted molar refractivity (Wildman–Crippen MR) is 82.3 cm³/mol. The molecule has 2 heterocycles. The second kappa shape index (κ2) is 5.60. The summed E-state index contributed by atoms with van der Waals surface area (Å²) < 4.78 is 6.18. The Balaban J connectivity index is 1.65. The summed E-state index contributed by atoms with van der Waals surface area (Å²) in [6, 6.07) is 9.30. The summed E-state index contributed by atoms with van der Waals surface area (Å²) in [5.41, 5.74) is 6.99. The quantitative estimate of drug-likeness (QED) is 0.751. The average Bonchev–Trinajstić information content (AvgIpc) is 3.05. The first-order chi connectivity index (χ1) is 9.72. The van der Waals surface area contributed by atoms with E-state index in [2.05, 4.69) is 4.98 Å². The number of thiazole rings is 1. The number of nitrogen functional groups attached to an aromatic ring is 1. The Labute approximate surface area is 123 Å². The molecule has 102 valence electrons. The smallest absolute Gasteiger partial charge is 0.338 e. The van der Waals surface area contributed by atoms with E-state index in [-0.39, 0.29) is 5.97 Å². The highest BCUT2D eigenvalue weighted by Crippen LogP contribution is 2.24. The summed E-state index contributed by atoms with van der Waals surface area (Å²) in [6.07, 6.45) is 0.749. The highest BCUT2D eigenvalue weighted by atomic mass is 32.1. The number of thiophene rings is 1. The van der Waals surface area contributed by atoms with E-state index in [4.69, 9.17) is 10.5 Å². The lowest BCUT2D eigenvalue weighted by Gasteiger charge is -2.03.